The summed E-state index contributed by atoms with van der Waals surface area (Å²) in [5, 5.41) is 2.27. The molecule has 0 radical (unpaired) electrons. The van der Waals surface area contributed by atoms with Crippen molar-refractivity contribution in [1.82, 2.24) is 0 Å². The molecule has 0 fully saturated rings. The fourth-order valence-electron chi connectivity index (χ4n) is 2.11. The maximum atomic E-state index is 5.84. The van der Waals surface area contributed by atoms with E-state index in [-0.39, 0.29) is 17.8 Å². The van der Waals surface area contributed by atoms with E-state index in [1.54, 1.807) is 14.2 Å². The lowest BCUT2D eigenvalue weighted by Crippen LogP contribution is -2.27. The minimum Gasteiger partial charge on any atom is -0.493 e. The first-order chi connectivity index (χ1) is 9.01. The van der Waals surface area contributed by atoms with Crippen LogP contribution >= 0.6 is 12.4 Å². The molecule has 0 heterocycles. The lowest BCUT2D eigenvalue weighted by Gasteiger charge is -2.23. The third-order valence-corrected chi connectivity index (χ3v) is 3.63. The molecule has 0 amide bonds. The highest BCUT2D eigenvalue weighted by molar-refractivity contribution is 5.87. The molecule has 2 aromatic rings. The maximum absolute atomic E-state index is 5.84. The van der Waals surface area contributed by atoms with Crippen LogP contribution in [0.15, 0.2) is 30.3 Å². The van der Waals surface area contributed by atoms with E-state index in [1.165, 1.54) is 5.56 Å². The van der Waals surface area contributed by atoms with E-state index in [9.17, 15) is 0 Å². The van der Waals surface area contributed by atoms with Crippen molar-refractivity contribution in [1.29, 1.82) is 0 Å². The number of fused-ring (bicyclic) bond motifs is 1. The maximum Gasteiger partial charge on any atom is 0.161 e. The number of halogens is 1. The normalized spacial score (nSPS) is 11.1. The molecule has 3 nitrogen and oxygen atoms in total. The molecule has 2 rings (SSSR count). The van der Waals surface area contributed by atoms with Gasteiger partial charge in [0.05, 0.1) is 14.2 Å². The van der Waals surface area contributed by atoms with E-state index in [0.717, 1.165) is 22.3 Å². The van der Waals surface area contributed by atoms with Crippen molar-refractivity contribution in [3.8, 4) is 11.5 Å². The highest BCUT2D eigenvalue weighted by Crippen LogP contribution is 2.34. The zero-order chi connectivity index (χ0) is 14.0. The van der Waals surface area contributed by atoms with Gasteiger partial charge in [0.15, 0.2) is 11.5 Å². The van der Waals surface area contributed by atoms with Crippen molar-refractivity contribution < 1.29 is 9.47 Å². The van der Waals surface area contributed by atoms with E-state index in [2.05, 4.69) is 32.0 Å². The first kappa shape index (κ1) is 16.6. The highest BCUT2D eigenvalue weighted by atomic mass is 35.5. The van der Waals surface area contributed by atoms with Crippen molar-refractivity contribution >= 4 is 23.2 Å². The molecule has 0 aliphatic carbocycles. The molecule has 0 unspecified atom stereocenters. The van der Waals surface area contributed by atoms with Crippen LogP contribution < -0.4 is 15.2 Å². The molecule has 4 heteroatoms. The monoisotopic (exact) mass is 295 g/mol. The van der Waals surface area contributed by atoms with Gasteiger partial charge in [0, 0.05) is 12.0 Å². The average molecular weight is 296 g/mol. The molecular weight excluding hydrogens is 274 g/mol. The van der Waals surface area contributed by atoms with Crippen molar-refractivity contribution in [2.24, 2.45) is 5.73 Å². The lowest BCUT2D eigenvalue weighted by molar-refractivity contribution is 0.356. The van der Waals surface area contributed by atoms with Gasteiger partial charge in [0.25, 0.3) is 0 Å². The molecule has 20 heavy (non-hydrogen) atoms. The average Bonchev–Trinajstić information content (AvgIpc) is 2.44. The van der Waals surface area contributed by atoms with Gasteiger partial charge in [-0.25, -0.2) is 0 Å². The fraction of sp³-hybridized carbons (Fsp3) is 0.375. The summed E-state index contributed by atoms with van der Waals surface area (Å²) in [6.07, 6.45) is 0. The first-order valence-electron chi connectivity index (χ1n) is 6.38. The van der Waals surface area contributed by atoms with Crippen molar-refractivity contribution in [3.63, 3.8) is 0 Å². The van der Waals surface area contributed by atoms with Crippen LogP contribution in [-0.2, 0) is 5.41 Å². The summed E-state index contributed by atoms with van der Waals surface area (Å²) in [6.45, 7) is 4.91. The van der Waals surface area contributed by atoms with Crippen LogP contribution in [0.25, 0.3) is 10.8 Å². The number of rotatable bonds is 4. The topological polar surface area (TPSA) is 44.5 Å². The van der Waals surface area contributed by atoms with E-state index in [0.29, 0.717) is 6.54 Å². The molecule has 110 valence electrons. The third kappa shape index (κ3) is 3.00. The first-order valence-corrected chi connectivity index (χ1v) is 6.38. The van der Waals surface area contributed by atoms with Crippen LogP contribution in [0.1, 0.15) is 19.4 Å². The Hall–Kier alpha value is -1.45. The molecule has 0 aromatic heterocycles. The summed E-state index contributed by atoms with van der Waals surface area (Å²) in [7, 11) is 3.30. The lowest BCUT2D eigenvalue weighted by atomic mass is 9.84. The quantitative estimate of drug-likeness (QED) is 0.938. The summed E-state index contributed by atoms with van der Waals surface area (Å²) in [5.41, 5.74) is 7.04. The van der Waals surface area contributed by atoms with Gasteiger partial charge in [-0.2, -0.15) is 0 Å². The second-order valence-electron chi connectivity index (χ2n) is 5.36. The zero-order valence-electron chi connectivity index (χ0n) is 12.4. The standard InChI is InChI=1S/C16H21NO2.ClH/c1-16(2,10-17)13-6-5-11-8-14(18-3)15(19-4)9-12(11)7-13;/h5-9H,10,17H2,1-4H3;1H. The minimum atomic E-state index is -0.0264. The Morgan fingerprint density at radius 3 is 2.00 bits per heavy atom. The van der Waals surface area contributed by atoms with Gasteiger partial charge >= 0.3 is 0 Å². The van der Waals surface area contributed by atoms with Crippen molar-refractivity contribution in [2.45, 2.75) is 19.3 Å². The van der Waals surface area contributed by atoms with E-state index >= 15 is 0 Å². The Bertz CT molecular complexity index is 596. The molecule has 0 spiro atoms. The summed E-state index contributed by atoms with van der Waals surface area (Å²) >= 11 is 0. The summed E-state index contributed by atoms with van der Waals surface area (Å²) in [4.78, 5) is 0. The minimum absolute atomic E-state index is 0. The van der Waals surface area contributed by atoms with E-state index < -0.39 is 0 Å². The molecular formula is C16H22ClNO2. The Labute approximate surface area is 126 Å². The Kier molecular flexibility index (Phi) is 5.26. The summed E-state index contributed by atoms with van der Waals surface area (Å²) in [5.74, 6) is 1.50. The molecule has 0 bridgehead atoms. The van der Waals surface area contributed by atoms with Gasteiger partial charge in [-0.15, -0.1) is 12.4 Å². The summed E-state index contributed by atoms with van der Waals surface area (Å²) < 4.78 is 10.7. The van der Waals surface area contributed by atoms with Crippen molar-refractivity contribution in [3.05, 3.63) is 35.9 Å². The number of methoxy groups -OCH3 is 2. The predicted molar refractivity (Wildman–Crippen MR) is 86.4 cm³/mol. The van der Waals surface area contributed by atoms with Gasteiger partial charge in [0.1, 0.15) is 0 Å². The van der Waals surface area contributed by atoms with Crippen LogP contribution in [0.2, 0.25) is 0 Å². The van der Waals surface area contributed by atoms with E-state index in [4.69, 9.17) is 15.2 Å². The Morgan fingerprint density at radius 1 is 0.950 bits per heavy atom. The number of hydrogen-bond donors (Lipinski definition) is 1. The second kappa shape index (κ2) is 6.33. The van der Waals surface area contributed by atoms with Gasteiger partial charge in [0.2, 0.25) is 0 Å². The molecule has 2 aromatic carbocycles. The van der Waals surface area contributed by atoms with Crippen LogP contribution in [0.3, 0.4) is 0 Å². The van der Waals surface area contributed by atoms with Crippen LogP contribution in [-0.4, -0.2) is 20.8 Å². The van der Waals surface area contributed by atoms with Crippen molar-refractivity contribution in [2.75, 3.05) is 20.8 Å². The zero-order valence-corrected chi connectivity index (χ0v) is 13.2. The SMILES string of the molecule is COc1cc2ccc(C(C)(C)CN)cc2cc1OC.Cl. The molecule has 2 N–H and O–H groups in total. The second-order valence-corrected chi connectivity index (χ2v) is 5.36. The smallest absolute Gasteiger partial charge is 0.161 e. The van der Waals surface area contributed by atoms with Crippen LogP contribution in [0.4, 0.5) is 0 Å². The number of hydrogen-bond acceptors (Lipinski definition) is 3. The van der Waals surface area contributed by atoms with Crippen LogP contribution in [0, 0.1) is 0 Å². The fourth-order valence-corrected chi connectivity index (χ4v) is 2.11. The summed E-state index contributed by atoms with van der Waals surface area (Å²) in [6, 6.07) is 10.4. The predicted octanol–water partition coefficient (Wildman–Crippen LogP) is 3.52. The van der Waals surface area contributed by atoms with Crippen LogP contribution in [0.5, 0.6) is 11.5 Å². The Morgan fingerprint density at radius 2 is 1.50 bits per heavy atom. The molecule has 0 aliphatic rings. The van der Waals surface area contributed by atoms with E-state index in [1.807, 2.05) is 12.1 Å². The molecule has 0 aliphatic heterocycles. The third-order valence-electron chi connectivity index (χ3n) is 3.63. The number of benzene rings is 2. The number of ether oxygens (including phenoxy) is 2. The molecule has 0 atom stereocenters. The molecule has 0 saturated heterocycles. The highest BCUT2D eigenvalue weighted by Gasteiger charge is 2.19. The van der Waals surface area contributed by atoms with Gasteiger partial charge in [-0.1, -0.05) is 32.0 Å². The van der Waals surface area contributed by atoms with Gasteiger partial charge < -0.3 is 15.2 Å². The van der Waals surface area contributed by atoms with Gasteiger partial charge in [-0.3, -0.25) is 0 Å². The van der Waals surface area contributed by atoms with Gasteiger partial charge in [-0.05, 0) is 28.5 Å². The largest absolute Gasteiger partial charge is 0.493 e. The molecule has 0 saturated carbocycles. The number of nitrogens with two attached hydrogens (primary N) is 1. The Balaban J connectivity index is 0.00000200.